The molecule has 30 heavy (non-hydrogen) atoms. The molecule has 1 atom stereocenters. The number of aryl methyl sites for hydroxylation is 1. The summed E-state index contributed by atoms with van der Waals surface area (Å²) in [5.41, 5.74) is 1.32. The summed E-state index contributed by atoms with van der Waals surface area (Å²) in [4.78, 5) is 26.9. The van der Waals surface area contributed by atoms with E-state index in [2.05, 4.69) is 5.32 Å². The monoisotopic (exact) mass is 429 g/mol. The van der Waals surface area contributed by atoms with Crippen LogP contribution in [0.4, 0.5) is 4.79 Å². The van der Waals surface area contributed by atoms with Crippen LogP contribution in [0.2, 0.25) is 0 Å². The van der Waals surface area contributed by atoms with E-state index in [1.807, 2.05) is 24.3 Å². The Hall–Kier alpha value is -2.65. The lowest BCUT2D eigenvalue weighted by Gasteiger charge is -2.32. The predicted molar refractivity (Wildman–Crippen MR) is 107 cm³/mol. The predicted octanol–water partition coefficient (Wildman–Crippen LogP) is 2.04. The second-order valence-electron chi connectivity index (χ2n) is 8.18. The molecule has 0 bridgehead atoms. The minimum Gasteiger partial charge on any atom is -0.446 e. The van der Waals surface area contributed by atoms with Crippen LogP contribution in [0.1, 0.15) is 36.1 Å². The van der Waals surface area contributed by atoms with E-state index in [4.69, 9.17) is 4.42 Å². The van der Waals surface area contributed by atoms with Crippen LogP contribution in [0, 0.1) is 0 Å². The van der Waals surface area contributed by atoms with Crippen molar-refractivity contribution >= 4 is 22.0 Å². The van der Waals surface area contributed by atoms with E-state index in [0.29, 0.717) is 25.9 Å². The number of fused-ring (bicyclic) bond motifs is 1. The first-order valence-electron chi connectivity index (χ1n) is 10.2. The van der Waals surface area contributed by atoms with Gasteiger partial charge in [-0.15, -0.1) is 0 Å². The number of furan rings is 1. The van der Waals surface area contributed by atoms with Gasteiger partial charge in [0.1, 0.15) is 11.3 Å². The van der Waals surface area contributed by atoms with Crippen LogP contribution in [0.3, 0.4) is 0 Å². The molecule has 2 aliphatic heterocycles. The van der Waals surface area contributed by atoms with Crippen molar-refractivity contribution in [1.82, 2.24) is 14.5 Å². The number of carbonyl (C=O) groups is 2. The van der Waals surface area contributed by atoms with Crippen molar-refractivity contribution in [1.29, 1.82) is 0 Å². The normalized spacial score (nSPS) is 24.5. The lowest BCUT2D eigenvalue weighted by Crippen LogP contribution is -2.51. The highest BCUT2D eigenvalue weighted by Gasteiger charge is 2.52. The number of hydrogen-bond donors (Lipinski definition) is 1. The summed E-state index contributed by atoms with van der Waals surface area (Å²) in [5, 5.41) is 2.74. The number of nitrogens with one attached hydrogen (secondary N) is 1. The van der Waals surface area contributed by atoms with E-state index in [-0.39, 0.29) is 23.3 Å². The molecule has 1 unspecified atom stereocenters. The van der Waals surface area contributed by atoms with Crippen LogP contribution in [0.5, 0.6) is 0 Å². The largest absolute Gasteiger partial charge is 0.446 e. The quantitative estimate of drug-likeness (QED) is 0.750. The van der Waals surface area contributed by atoms with Crippen LogP contribution in [-0.4, -0.2) is 48.2 Å². The minimum absolute atomic E-state index is 0.0937. The summed E-state index contributed by atoms with van der Waals surface area (Å²) >= 11 is 0. The molecule has 8 nitrogen and oxygen atoms in total. The molecule has 9 heteroatoms. The van der Waals surface area contributed by atoms with Gasteiger partial charge in [-0.1, -0.05) is 24.3 Å². The Kier molecular flexibility index (Phi) is 4.48. The van der Waals surface area contributed by atoms with Crippen LogP contribution >= 0.6 is 0 Å². The van der Waals surface area contributed by atoms with Crippen LogP contribution in [-0.2, 0) is 34.2 Å². The molecule has 0 radical (unpaired) electrons. The molecular formula is C21H23N3O5S. The number of amides is 3. The third-order valence-electron chi connectivity index (χ3n) is 6.29. The van der Waals surface area contributed by atoms with Gasteiger partial charge in [0.2, 0.25) is 5.09 Å². The van der Waals surface area contributed by atoms with Crippen LogP contribution in [0.25, 0.3) is 0 Å². The van der Waals surface area contributed by atoms with Crippen molar-refractivity contribution in [2.75, 3.05) is 13.1 Å². The van der Waals surface area contributed by atoms with E-state index in [0.717, 1.165) is 29.7 Å². The topological polar surface area (TPSA) is 99.9 Å². The molecule has 3 aliphatic rings. The Bertz CT molecular complexity index is 1120. The van der Waals surface area contributed by atoms with E-state index in [1.54, 1.807) is 0 Å². The average Bonchev–Trinajstić information content (AvgIpc) is 3.47. The van der Waals surface area contributed by atoms with E-state index in [9.17, 15) is 18.0 Å². The summed E-state index contributed by atoms with van der Waals surface area (Å²) in [6.45, 7) is 0.869. The number of sulfonamides is 1. The van der Waals surface area contributed by atoms with Gasteiger partial charge in [0.05, 0.1) is 6.54 Å². The fourth-order valence-electron chi connectivity index (χ4n) is 4.64. The summed E-state index contributed by atoms with van der Waals surface area (Å²) < 4.78 is 32.2. The van der Waals surface area contributed by atoms with E-state index < -0.39 is 21.6 Å². The van der Waals surface area contributed by atoms with E-state index >= 15 is 0 Å². The lowest BCUT2D eigenvalue weighted by atomic mass is 9.78. The van der Waals surface area contributed by atoms with Gasteiger partial charge in [-0.05, 0) is 48.9 Å². The number of hydrogen-bond acceptors (Lipinski definition) is 5. The molecule has 0 saturated carbocycles. The maximum atomic E-state index is 13.2. The first kappa shape index (κ1) is 19.3. The number of rotatable bonds is 4. The molecule has 1 N–H and O–H groups in total. The Morgan fingerprint density at radius 3 is 2.53 bits per heavy atom. The fourth-order valence-corrected chi connectivity index (χ4v) is 6.08. The number of benzene rings is 1. The fraction of sp³-hybridized carbons (Fsp3) is 0.429. The molecule has 2 saturated heterocycles. The first-order valence-corrected chi connectivity index (χ1v) is 11.6. The van der Waals surface area contributed by atoms with E-state index in [1.165, 1.54) is 22.0 Å². The van der Waals surface area contributed by atoms with Crippen molar-refractivity contribution in [3.63, 3.8) is 0 Å². The zero-order valence-electron chi connectivity index (χ0n) is 16.5. The van der Waals surface area contributed by atoms with Gasteiger partial charge in [0.25, 0.3) is 15.9 Å². The lowest BCUT2D eigenvalue weighted by molar-refractivity contribution is -0.132. The Labute approximate surface area is 174 Å². The Morgan fingerprint density at radius 1 is 1.03 bits per heavy atom. The number of carbonyl (C=O) groups excluding carboxylic acids is 2. The molecular weight excluding hydrogens is 406 g/mol. The molecule has 5 rings (SSSR count). The third kappa shape index (κ3) is 3.04. The zero-order valence-corrected chi connectivity index (χ0v) is 17.3. The molecule has 3 heterocycles. The van der Waals surface area contributed by atoms with Crippen molar-refractivity contribution in [3.05, 3.63) is 53.3 Å². The molecule has 3 amide bonds. The molecule has 2 aromatic rings. The zero-order chi connectivity index (χ0) is 20.9. The van der Waals surface area contributed by atoms with Gasteiger partial charge in [0.15, 0.2) is 0 Å². The van der Waals surface area contributed by atoms with Crippen LogP contribution in [0.15, 0.2) is 45.9 Å². The average molecular weight is 429 g/mol. The highest BCUT2D eigenvalue weighted by atomic mass is 32.2. The standard InChI is InChI=1S/C21H23N3O5S/c25-19-21(10-9-15-5-1-2-6-16(15)13-21)22-20(26)24(19)14-17-7-8-18(29-17)30(27,28)23-11-3-4-12-23/h1-2,5-8H,3-4,9-14H2,(H,22,26). The highest BCUT2D eigenvalue weighted by Crippen LogP contribution is 2.34. The summed E-state index contributed by atoms with van der Waals surface area (Å²) in [6.07, 6.45) is 3.38. The molecule has 1 aromatic heterocycles. The van der Waals surface area contributed by atoms with Crippen molar-refractivity contribution < 1.29 is 22.4 Å². The van der Waals surface area contributed by atoms with Crippen molar-refractivity contribution in [3.8, 4) is 0 Å². The Morgan fingerprint density at radius 2 is 1.77 bits per heavy atom. The second-order valence-corrected chi connectivity index (χ2v) is 10.0. The maximum Gasteiger partial charge on any atom is 0.325 e. The van der Waals surface area contributed by atoms with Gasteiger partial charge in [-0.25, -0.2) is 13.2 Å². The second kappa shape index (κ2) is 6.95. The highest BCUT2D eigenvalue weighted by molar-refractivity contribution is 7.89. The maximum absolute atomic E-state index is 13.2. The summed E-state index contributed by atoms with van der Waals surface area (Å²) in [5.74, 6) is -0.0214. The van der Waals surface area contributed by atoms with Gasteiger partial charge in [-0.3, -0.25) is 9.69 Å². The molecule has 1 spiro atoms. The first-order chi connectivity index (χ1) is 14.4. The molecule has 1 aromatic carbocycles. The third-order valence-corrected chi connectivity index (χ3v) is 8.06. The number of urea groups is 1. The smallest absolute Gasteiger partial charge is 0.325 e. The molecule has 2 fully saturated rings. The molecule has 158 valence electrons. The van der Waals surface area contributed by atoms with Gasteiger partial charge in [-0.2, -0.15) is 4.31 Å². The van der Waals surface area contributed by atoms with Gasteiger partial charge < -0.3 is 9.73 Å². The van der Waals surface area contributed by atoms with Crippen LogP contribution < -0.4 is 5.32 Å². The minimum atomic E-state index is -3.68. The SMILES string of the molecule is O=C1NC2(CCc3ccccc3C2)C(=O)N1Cc1ccc(S(=O)(=O)N2CCCC2)o1. The molecule has 1 aliphatic carbocycles. The number of imide groups is 1. The Balaban J connectivity index is 1.35. The summed E-state index contributed by atoms with van der Waals surface area (Å²) in [7, 11) is -3.68. The van der Waals surface area contributed by atoms with Gasteiger partial charge in [0, 0.05) is 19.5 Å². The number of nitrogens with zero attached hydrogens (tertiary/aromatic N) is 2. The van der Waals surface area contributed by atoms with Crippen molar-refractivity contribution in [2.45, 2.75) is 49.3 Å². The summed E-state index contributed by atoms with van der Waals surface area (Å²) in [6, 6.07) is 10.4. The van der Waals surface area contributed by atoms with Gasteiger partial charge >= 0.3 is 6.03 Å². The van der Waals surface area contributed by atoms with Crippen molar-refractivity contribution in [2.24, 2.45) is 0 Å².